The fourth-order valence-corrected chi connectivity index (χ4v) is 4.17. The molecule has 1 atom stereocenters. The van der Waals surface area contributed by atoms with Gasteiger partial charge in [0.25, 0.3) is 0 Å². The van der Waals surface area contributed by atoms with Crippen molar-refractivity contribution in [3.63, 3.8) is 0 Å². The molecule has 0 radical (unpaired) electrons. The Bertz CT molecular complexity index is 1370. The second-order valence-electron chi connectivity index (χ2n) is 7.54. The Morgan fingerprint density at radius 3 is 2.34 bits per heavy atom. The van der Waals surface area contributed by atoms with Crippen molar-refractivity contribution in [3.05, 3.63) is 88.1 Å². The van der Waals surface area contributed by atoms with Gasteiger partial charge in [-0.3, -0.25) is 9.59 Å². The normalized spacial score (nSPS) is 15.2. The van der Waals surface area contributed by atoms with Crippen LogP contribution in [0.1, 0.15) is 23.5 Å². The Morgan fingerprint density at radius 2 is 1.66 bits per heavy atom. The first-order chi connectivity index (χ1) is 15.6. The van der Waals surface area contributed by atoms with E-state index in [9.17, 15) is 9.59 Å². The number of benzene rings is 3. The minimum Gasteiger partial charge on any atom is -0.497 e. The summed E-state index contributed by atoms with van der Waals surface area (Å²) in [6.07, 6.45) is 0.125. The zero-order valence-corrected chi connectivity index (χ0v) is 17.6. The molecule has 0 fully saturated rings. The van der Waals surface area contributed by atoms with Crippen LogP contribution in [0.3, 0.4) is 0 Å². The van der Waals surface area contributed by atoms with E-state index in [2.05, 4.69) is 0 Å². The van der Waals surface area contributed by atoms with Crippen LogP contribution in [0.15, 0.2) is 75.9 Å². The van der Waals surface area contributed by atoms with Crippen LogP contribution in [-0.2, 0) is 4.79 Å². The topological polar surface area (TPSA) is 75.0 Å². The van der Waals surface area contributed by atoms with Crippen LogP contribution in [0, 0.1) is 0 Å². The molecule has 0 N–H and O–H groups in total. The van der Waals surface area contributed by atoms with Crippen LogP contribution in [0.2, 0.25) is 0 Å². The van der Waals surface area contributed by atoms with Gasteiger partial charge in [-0.1, -0.05) is 42.5 Å². The molecule has 0 aliphatic carbocycles. The monoisotopic (exact) mass is 428 g/mol. The Hall–Kier alpha value is -4.06. The average Bonchev–Trinajstić information content (AvgIpc) is 2.83. The third-order valence-corrected chi connectivity index (χ3v) is 5.71. The first-order valence-electron chi connectivity index (χ1n) is 10.2. The molecule has 1 aliphatic rings. The van der Waals surface area contributed by atoms with E-state index < -0.39 is 0 Å². The maximum Gasteiger partial charge on any atom is 0.312 e. The molecular formula is C26H20O6. The number of rotatable bonds is 4. The molecule has 0 saturated carbocycles. The SMILES string of the molecule is COc1ccc(C2CC(=O)Oc3cc(OC)c4c(=O)cc(-c5ccccc5)oc4c32)cc1. The molecule has 0 saturated heterocycles. The summed E-state index contributed by atoms with van der Waals surface area (Å²) < 4.78 is 22.6. The average molecular weight is 428 g/mol. The smallest absolute Gasteiger partial charge is 0.312 e. The predicted octanol–water partition coefficient (Wildman–Crippen LogP) is 4.92. The van der Waals surface area contributed by atoms with Crippen molar-refractivity contribution in [1.82, 2.24) is 0 Å². The first kappa shape index (κ1) is 19.9. The molecule has 6 nitrogen and oxygen atoms in total. The number of hydrogen-bond acceptors (Lipinski definition) is 6. The highest BCUT2D eigenvalue weighted by atomic mass is 16.5. The number of esters is 1. The second-order valence-corrected chi connectivity index (χ2v) is 7.54. The highest BCUT2D eigenvalue weighted by Gasteiger charge is 2.33. The molecule has 1 aliphatic heterocycles. The molecule has 160 valence electrons. The molecular weight excluding hydrogens is 408 g/mol. The van der Waals surface area contributed by atoms with Crippen LogP contribution in [0.4, 0.5) is 0 Å². The largest absolute Gasteiger partial charge is 0.497 e. The van der Waals surface area contributed by atoms with Crippen molar-refractivity contribution in [2.75, 3.05) is 14.2 Å². The maximum absolute atomic E-state index is 13.2. The highest BCUT2D eigenvalue weighted by Crippen LogP contribution is 2.46. The van der Waals surface area contributed by atoms with E-state index in [0.29, 0.717) is 39.5 Å². The number of methoxy groups -OCH3 is 2. The lowest BCUT2D eigenvalue weighted by Gasteiger charge is -2.26. The summed E-state index contributed by atoms with van der Waals surface area (Å²) in [6.45, 7) is 0. The van der Waals surface area contributed by atoms with Gasteiger partial charge >= 0.3 is 5.97 Å². The Kier molecular flexibility index (Phi) is 4.90. The molecule has 1 unspecified atom stereocenters. The van der Waals surface area contributed by atoms with E-state index in [1.54, 1.807) is 13.2 Å². The molecule has 32 heavy (non-hydrogen) atoms. The van der Waals surface area contributed by atoms with Gasteiger partial charge in [-0.2, -0.15) is 0 Å². The predicted molar refractivity (Wildman–Crippen MR) is 120 cm³/mol. The van der Waals surface area contributed by atoms with E-state index in [-0.39, 0.29) is 23.7 Å². The lowest BCUT2D eigenvalue weighted by molar-refractivity contribution is -0.135. The van der Waals surface area contributed by atoms with Crippen molar-refractivity contribution in [2.45, 2.75) is 12.3 Å². The quantitative estimate of drug-likeness (QED) is 0.339. The van der Waals surface area contributed by atoms with Gasteiger partial charge in [-0.05, 0) is 17.7 Å². The summed E-state index contributed by atoms with van der Waals surface area (Å²) in [5.74, 6) is 1.07. The molecule has 0 spiro atoms. The molecule has 0 amide bonds. The summed E-state index contributed by atoms with van der Waals surface area (Å²) >= 11 is 0. The minimum atomic E-state index is -0.360. The molecule has 1 aromatic heterocycles. The Balaban J connectivity index is 1.81. The van der Waals surface area contributed by atoms with Crippen molar-refractivity contribution < 1.29 is 23.4 Å². The molecule has 4 aromatic rings. The summed E-state index contributed by atoms with van der Waals surface area (Å²) in [4.78, 5) is 25.6. The van der Waals surface area contributed by atoms with E-state index >= 15 is 0 Å². The zero-order chi connectivity index (χ0) is 22.2. The van der Waals surface area contributed by atoms with Gasteiger partial charge < -0.3 is 18.6 Å². The van der Waals surface area contributed by atoms with Gasteiger partial charge in [0, 0.05) is 29.2 Å². The summed E-state index contributed by atoms with van der Waals surface area (Å²) in [7, 11) is 3.07. The third kappa shape index (κ3) is 3.30. The molecule has 2 heterocycles. The van der Waals surface area contributed by atoms with Gasteiger partial charge in [0.15, 0.2) is 5.43 Å². The van der Waals surface area contributed by atoms with E-state index in [4.69, 9.17) is 18.6 Å². The van der Waals surface area contributed by atoms with Crippen LogP contribution in [-0.4, -0.2) is 20.2 Å². The molecule has 0 bridgehead atoms. The number of carbonyl (C=O) groups is 1. The van der Waals surface area contributed by atoms with Crippen molar-refractivity contribution in [1.29, 1.82) is 0 Å². The summed E-state index contributed by atoms with van der Waals surface area (Å²) in [5, 5.41) is 0.322. The lowest BCUT2D eigenvalue weighted by atomic mass is 9.85. The zero-order valence-electron chi connectivity index (χ0n) is 17.6. The van der Waals surface area contributed by atoms with Crippen LogP contribution in [0.25, 0.3) is 22.3 Å². The van der Waals surface area contributed by atoms with Gasteiger partial charge in [-0.25, -0.2) is 0 Å². The molecule has 5 rings (SSSR count). The standard InChI is InChI=1S/C26H20O6/c1-29-17-10-8-15(9-11-17)18-12-23(28)31-22-14-21(30-2)25-19(27)13-20(32-26(25)24(18)22)16-6-4-3-5-7-16/h3-11,13-14,18H,12H2,1-2H3. The minimum absolute atomic E-state index is 0.125. The van der Waals surface area contributed by atoms with Crippen molar-refractivity contribution in [3.8, 4) is 28.6 Å². The summed E-state index contributed by atoms with van der Waals surface area (Å²) in [6, 6.07) is 19.9. The van der Waals surface area contributed by atoms with E-state index in [1.165, 1.54) is 13.2 Å². The Labute approximate surface area is 184 Å². The number of ether oxygens (including phenoxy) is 3. The number of fused-ring (bicyclic) bond motifs is 3. The van der Waals surface area contributed by atoms with E-state index in [1.807, 2.05) is 54.6 Å². The highest BCUT2D eigenvalue weighted by molar-refractivity contribution is 5.93. The van der Waals surface area contributed by atoms with Crippen molar-refractivity contribution >= 4 is 16.9 Å². The van der Waals surface area contributed by atoms with E-state index in [0.717, 1.165) is 11.1 Å². The van der Waals surface area contributed by atoms with Gasteiger partial charge in [-0.15, -0.1) is 0 Å². The summed E-state index contributed by atoms with van der Waals surface area (Å²) in [5.41, 5.74) is 2.45. The fraction of sp³-hybridized carbons (Fsp3) is 0.154. The maximum atomic E-state index is 13.2. The van der Waals surface area contributed by atoms with Crippen LogP contribution < -0.4 is 19.6 Å². The Morgan fingerprint density at radius 1 is 0.906 bits per heavy atom. The first-order valence-corrected chi connectivity index (χ1v) is 10.2. The van der Waals surface area contributed by atoms with Gasteiger partial charge in [0.1, 0.15) is 34.0 Å². The molecule has 6 heteroatoms. The van der Waals surface area contributed by atoms with Gasteiger partial charge in [0.05, 0.1) is 20.6 Å². The van der Waals surface area contributed by atoms with Crippen LogP contribution >= 0.6 is 0 Å². The second kappa shape index (κ2) is 7.89. The molecule has 3 aromatic carbocycles. The number of hydrogen-bond donors (Lipinski definition) is 0. The lowest BCUT2D eigenvalue weighted by Crippen LogP contribution is -2.22. The van der Waals surface area contributed by atoms with Gasteiger partial charge in [0.2, 0.25) is 0 Å². The van der Waals surface area contributed by atoms with Crippen LogP contribution in [0.5, 0.6) is 17.2 Å². The third-order valence-electron chi connectivity index (χ3n) is 5.71. The fourth-order valence-electron chi connectivity index (χ4n) is 4.17. The van der Waals surface area contributed by atoms with Crippen molar-refractivity contribution in [2.24, 2.45) is 0 Å². The number of carbonyl (C=O) groups excluding carboxylic acids is 1.